The molecule has 5 heteroatoms. The number of amides is 2. The summed E-state index contributed by atoms with van der Waals surface area (Å²) in [6.07, 6.45) is 13.9. The van der Waals surface area contributed by atoms with Gasteiger partial charge in [0.05, 0.1) is 0 Å². The SMILES string of the molecule is CC(C)CCC[C@@H](C)[C@H]1CC[C@H]2[C@@H]3CC(=NNC(N)=O)C4CC(Cl)CC[C@]4(C)[C@H]3CC[C@]12C. The van der Waals surface area contributed by atoms with Crippen molar-refractivity contribution in [3.8, 4) is 0 Å². The molecule has 4 nitrogen and oxygen atoms in total. The third kappa shape index (κ3) is 4.71. The van der Waals surface area contributed by atoms with Gasteiger partial charge in [0.25, 0.3) is 0 Å². The number of hydrogen-bond acceptors (Lipinski definition) is 2. The Kier molecular flexibility index (Phi) is 7.45. The lowest BCUT2D eigenvalue weighted by molar-refractivity contribution is -0.0794. The van der Waals surface area contributed by atoms with E-state index in [0.29, 0.717) is 17.3 Å². The van der Waals surface area contributed by atoms with Gasteiger partial charge in [-0.3, -0.25) is 0 Å². The first-order chi connectivity index (χ1) is 15.6. The molecule has 0 heterocycles. The highest BCUT2D eigenvalue weighted by Gasteiger charge is 2.61. The van der Waals surface area contributed by atoms with E-state index in [9.17, 15) is 4.79 Å². The minimum atomic E-state index is -0.561. The van der Waals surface area contributed by atoms with E-state index >= 15 is 0 Å². The minimum absolute atomic E-state index is 0.217. The standard InChI is InChI=1S/C28H48ClN3O/c1-17(2)7-6-8-18(3)21-9-10-22-20-16-25(31-32-26(30)33)24-15-19(29)11-13-28(24,5)23(20)12-14-27(21,22)4/h17-24H,6-16H2,1-5H3,(H3,30,32,33)/t18-,19?,20+,21-,22+,23+,24?,27-,28-/m1/s1. The van der Waals surface area contributed by atoms with Gasteiger partial charge in [0.15, 0.2) is 0 Å². The Balaban J connectivity index is 1.57. The van der Waals surface area contributed by atoms with Crippen LogP contribution in [0.3, 0.4) is 0 Å². The Morgan fingerprint density at radius 1 is 1.09 bits per heavy atom. The Bertz CT molecular complexity index is 753. The van der Waals surface area contributed by atoms with E-state index in [2.05, 4.69) is 45.1 Å². The van der Waals surface area contributed by atoms with Gasteiger partial charge in [-0.05, 0) is 97.7 Å². The van der Waals surface area contributed by atoms with Gasteiger partial charge >= 0.3 is 6.03 Å². The number of nitrogens with zero attached hydrogens (tertiary/aromatic N) is 1. The lowest BCUT2D eigenvalue weighted by Gasteiger charge is -2.61. The number of carbonyl (C=O) groups excluding carboxylic acids is 1. The number of alkyl halides is 1. The van der Waals surface area contributed by atoms with Crippen molar-refractivity contribution in [1.29, 1.82) is 0 Å². The topological polar surface area (TPSA) is 67.5 Å². The smallest absolute Gasteiger partial charge is 0.332 e. The van der Waals surface area contributed by atoms with Crippen molar-refractivity contribution >= 4 is 23.3 Å². The Labute approximate surface area is 207 Å². The summed E-state index contributed by atoms with van der Waals surface area (Å²) in [6.45, 7) is 12.4. The zero-order valence-corrected chi connectivity index (χ0v) is 22.5. The number of urea groups is 1. The van der Waals surface area contributed by atoms with Gasteiger partial charge in [0, 0.05) is 17.0 Å². The zero-order chi connectivity index (χ0) is 24.0. The van der Waals surface area contributed by atoms with E-state index in [1.54, 1.807) is 0 Å². The van der Waals surface area contributed by atoms with Crippen LogP contribution < -0.4 is 11.2 Å². The predicted octanol–water partition coefficient (Wildman–Crippen LogP) is 7.35. The summed E-state index contributed by atoms with van der Waals surface area (Å²) < 4.78 is 0. The van der Waals surface area contributed by atoms with Crippen molar-refractivity contribution < 1.29 is 4.79 Å². The lowest BCUT2D eigenvalue weighted by Crippen LogP contribution is -2.57. The van der Waals surface area contributed by atoms with E-state index in [1.807, 2.05) is 0 Å². The number of nitrogens with two attached hydrogens (primary N) is 1. The Morgan fingerprint density at radius 2 is 1.79 bits per heavy atom. The van der Waals surface area contributed by atoms with Crippen LogP contribution in [0.2, 0.25) is 0 Å². The molecule has 188 valence electrons. The molecule has 4 fully saturated rings. The summed E-state index contributed by atoms with van der Waals surface area (Å²) in [7, 11) is 0. The molecular formula is C28H48ClN3O. The molecule has 0 aromatic heterocycles. The van der Waals surface area contributed by atoms with Crippen LogP contribution in [0.25, 0.3) is 0 Å². The van der Waals surface area contributed by atoms with Gasteiger partial charge in [0.2, 0.25) is 0 Å². The number of halogens is 1. The molecule has 3 N–H and O–H groups in total. The third-order valence-electron chi connectivity index (χ3n) is 10.9. The molecule has 0 aromatic carbocycles. The van der Waals surface area contributed by atoms with Gasteiger partial charge in [0.1, 0.15) is 0 Å². The number of nitrogens with one attached hydrogen (secondary N) is 1. The van der Waals surface area contributed by atoms with Gasteiger partial charge in [-0.2, -0.15) is 5.10 Å². The lowest BCUT2D eigenvalue weighted by atomic mass is 9.44. The molecule has 2 unspecified atom stereocenters. The number of fused-ring (bicyclic) bond motifs is 5. The van der Waals surface area contributed by atoms with Crippen LogP contribution in [0.4, 0.5) is 4.79 Å². The van der Waals surface area contributed by atoms with Crippen molar-refractivity contribution in [2.24, 2.45) is 63.1 Å². The molecule has 0 bridgehead atoms. The number of hydrazone groups is 1. The maximum absolute atomic E-state index is 11.5. The third-order valence-corrected chi connectivity index (χ3v) is 11.3. The quantitative estimate of drug-likeness (QED) is 0.304. The van der Waals surface area contributed by atoms with Crippen LogP contribution in [0.1, 0.15) is 105 Å². The molecule has 4 rings (SSSR count). The van der Waals surface area contributed by atoms with Crippen LogP contribution in [-0.2, 0) is 0 Å². The second-order valence-electron chi connectivity index (χ2n) is 13.1. The highest BCUT2D eigenvalue weighted by molar-refractivity contribution is 6.20. The highest BCUT2D eigenvalue weighted by atomic mass is 35.5. The monoisotopic (exact) mass is 477 g/mol. The van der Waals surface area contributed by atoms with Crippen LogP contribution in [0, 0.1) is 52.3 Å². The van der Waals surface area contributed by atoms with Crippen LogP contribution in [0.15, 0.2) is 5.10 Å². The summed E-state index contributed by atoms with van der Waals surface area (Å²) in [5.74, 6) is 5.07. The molecule has 0 spiro atoms. The van der Waals surface area contributed by atoms with Crippen LogP contribution in [0.5, 0.6) is 0 Å². The molecule has 2 amide bonds. The number of rotatable bonds is 6. The average molecular weight is 478 g/mol. The van der Waals surface area contributed by atoms with Crippen LogP contribution >= 0.6 is 11.6 Å². The molecule has 4 aliphatic carbocycles. The summed E-state index contributed by atoms with van der Waals surface area (Å²) in [5, 5.41) is 4.84. The maximum atomic E-state index is 11.5. The van der Waals surface area contributed by atoms with Crippen molar-refractivity contribution in [2.45, 2.75) is 111 Å². The Morgan fingerprint density at radius 3 is 2.48 bits per heavy atom. The Hall–Kier alpha value is -0.770. The predicted molar refractivity (Wildman–Crippen MR) is 138 cm³/mol. The maximum Gasteiger partial charge on any atom is 0.332 e. The molecule has 0 aliphatic heterocycles. The molecule has 4 saturated carbocycles. The highest BCUT2D eigenvalue weighted by Crippen LogP contribution is 2.68. The van der Waals surface area contributed by atoms with Crippen molar-refractivity contribution in [3.63, 3.8) is 0 Å². The second-order valence-corrected chi connectivity index (χ2v) is 13.7. The normalized spacial score (nSPS) is 44.8. The van der Waals surface area contributed by atoms with E-state index in [4.69, 9.17) is 17.3 Å². The first-order valence-electron chi connectivity index (χ1n) is 13.8. The van der Waals surface area contributed by atoms with Crippen molar-refractivity contribution in [1.82, 2.24) is 5.43 Å². The molecule has 0 aromatic rings. The first-order valence-corrected chi connectivity index (χ1v) is 14.3. The second kappa shape index (κ2) is 9.70. The summed E-state index contributed by atoms with van der Waals surface area (Å²) in [5.41, 5.74) is 9.85. The molecule has 0 radical (unpaired) electrons. The van der Waals surface area contributed by atoms with E-state index in [-0.39, 0.29) is 10.8 Å². The van der Waals surface area contributed by atoms with Gasteiger partial charge in [-0.1, -0.05) is 53.9 Å². The average Bonchev–Trinajstić information content (AvgIpc) is 3.10. The van der Waals surface area contributed by atoms with Gasteiger partial charge in [-0.15, -0.1) is 11.6 Å². The largest absolute Gasteiger partial charge is 0.350 e. The van der Waals surface area contributed by atoms with Crippen molar-refractivity contribution in [2.75, 3.05) is 0 Å². The molecule has 0 saturated heterocycles. The number of primary amides is 1. The van der Waals surface area contributed by atoms with E-state index in [0.717, 1.165) is 48.9 Å². The molecular weight excluding hydrogens is 430 g/mol. The van der Waals surface area contributed by atoms with Crippen LogP contribution in [-0.4, -0.2) is 17.1 Å². The van der Waals surface area contributed by atoms with E-state index in [1.165, 1.54) is 57.1 Å². The fraction of sp³-hybridized carbons (Fsp3) is 0.929. The van der Waals surface area contributed by atoms with Crippen molar-refractivity contribution in [3.05, 3.63) is 0 Å². The summed E-state index contributed by atoms with van der Waals surface area (Å²) in [6, 6.07) is -0.561. The fourth-order valence-corrected chi connectivity index (χ4v) is 9.58. The molecule has 33 heavy (non-hydrogen) atoms. The van der Waals surface area contributed by atoms with Gasteiger partial charge < -0.3 is 5.73 Å². The summed E-state index contributed by atoms with van der Waals surface area (Å²) >= 11 is 6.66. The molecule has 9 atom stereocenters. The minimum Gasteiger partial charge on any atom is -0.350 e. The number of hydrogen-bond donors (Lipinski definition) is 2. The fourth-order valence-electron chi connectivity index (χ4n) is 9.29. The van der Waals surface area contributed by atoms with Gasteiger partial charge in [-0.25, -0.2) is 10.2 Å². The van der Waals surface area contributed by atoms with E-state index < -0.39 is 6.03 Å². The first kappa shape index (κ1) is 25.3. The summed E-state index contributed by atoms with van der Waals surface area (Å²) in [4.78, 5) is 11.5. The zero-order valence-electron chi connectivity index (χ0n) is 21.7. The number of carbonyl (C=O) groups is 1. The molecule has 4 aliphatic rings.